The number of amides is 3. The first-order valence-corrected chi connectivity index (χ1v) is 40.0. The van der Waals surface area contributed by atoms with E-state index in [0.717, 1.165) is 60.7 Å². The van der Waals surface area contributed by atoms with Crippen molar-refractivity contribution >= 4 is 102 Å². The number of anilines is 8. The first-order chi connectivity index (χ1) is 52.6. The van der Waals surface area contributed by atoms with Gasteiger partial charge in [0, 0.05) is 22.7 Å². The number of halogens is 13. The number of epoxide rings is 1. The quantitative estimate of drug-likeness (QED) is 0.00427. The van der Waals surface area contributed by atoms with Crippen molar-refractivity contribution in [2.45, 2.75) is 99.8 Å². The molecule has 1 saturated heterocycles. The van der Waals surface area contributed by atoms with E-state index in [4.69, 9.17) is 43.9 Å². The molecule has 19 nitrogen and oxygen atoms in total. The van der Waals surface area contributed by atoms with Gasteiger partial charge in [-0.2, -0.15) is 52.7 Å². The standard InChI is InChI=1S/C17H12F3N3O2.C17H14F3N3O2.C17H12F3N3O.C14H12F3N3O.C5H10Si.C5H9Si.C3H3ClO.4CH4.Li/c18-17(19,20)10-5-7-11(8-6-10)21-13-4-2-1-3-12(13)15-22-23-16(25-15)14-9-24-14;1-2-15(24)22-23-16(25)13-5-3-4-6-14(13)21-12-9-7-11(8-10-12)17(18,19)20;1-2-15-22-23-16(24-15)13-5-3-4-6-14(13)21-12-9-7-11(8-10-12)17(18,19)20;15-14(16,17)9-5-7-10(8-6-9)19-12-4-2-1-3-11(12)13(21)20-18;2*1-5-6(2,3)4;1-2-3(4)5;;;;;/h1-8,14,21H,9H2;2-10,21H,1H2,(H,22,24)(H,23,25);2-10,21H,1H2;1-8,19H,18H2,(H,20,21);1H,2-4H3;2-4H3;2H,1H2;4*1H4;/q;;;;;-1;;;;;;+1. The van der Waals surface area contributed by atoms with Gasteiger partial charge in [0.15, 0.2) is 6.10 Å². The summed E-state index contributed by atoms with van der Waals surface area (Å²) in [5, 5.41) is 27.1. The molecule has 618 valence electrons. The number of hydrogen-bond acceptors (Lipinski definition) is 16. The van der Waals surface area contributed by atoms with Crippen molar-refractivity contribution in [2.75, 3.05) is 27.9 Å². The summed E-state index contributed by atoms with van der Waals surface area (Å²) in [4.78, 5) is 44.2. The molecule has 8 aromatic carbocycles. The molecule has 0 saturated carbocycles. The average Bonchev–Trinajstić information content (AvgIpc) is 1.68. The second kappa shape index (κ2) is 48.4. The van der Waals surface area contributed by atoms with Crippen molar-refractivity contribution < 1.29 is 104 Å². The number of benzene rings is 8. The summed E-state index contributed by atoms with van der Waals surface area (Å²) < 4.78 is 167. The number of hydrogen-bond donors (Lipinski definition) is 8. The summed E-state index contributed by atoms with van der Waals surface area (Å²) in [6.07, 6.45) is -2.41. The van der Waals surface area contributed by atoms with Crippen LogP contribution in [0.1, 0.15) is 90.6 Å². The molecule has 1 aliphatic heterocycles. The van der Waals surface area contributed by atoms with Crippen molar-refractivity contribution in [2.24, 2.45) is 5.84 Å². The average molecular weight is 1680 g/mol. The van der Waals surface area contributed by atoms with Gasteiger partial charge in [0.05, 0.1) is 81.9 Å². The normalized spacial score (nSPS) is 11.5. The molecular weight excluding hydrogens is 1590 g/mol. The van der Waals surface area contributed by atoms with Crippen LogP contribution in [0.4, 0.5) is 98.2 Å². The monoisotopic (exact) mass is 1680 g/mol. The van der Waals surface area contributed by atoms with E-state index in [2.05, 4.69) is 123 Å². The third kappa shape index (κ3) is 36.6. The molecular formula is C82H88ClF12LiN12O7Si2. The number of carbonyl (C=O) groups excluding carboxylic acids is 4. The Hall–Kier alpha value is -11.9. The van der Waals surface area contributed by atoms with E-state index < -0.39 is 86.1 Å². The zero-order chi connectivity index (χ0) is 83.2. The van der Waals surface area contributed by atoms with Crippen molar-refractivity contribution in [3.8, 4) is 40.4 Å². The van der Waals surface area contributed by atoms with E-state index in [9.17, 15) is 71.9 Å². The smallest absolute Gasteiger partial charge is 0.701 e. The minimum Gasteiger partial charge on any atom is -0.701 e. The first kappa shape index (κ1) is 105. The number of hydrazine groups is 2. The number of nitrogens with two attached hydrogens (primary N) is 1. The Morgan fingerprint density at radius 1 is 0.487 bits per heavy atom. The zero-order valence-electron chi connectivity index (χ0n) is 61.3. The van der Waals surface area contributed by atoms with Gasteiger partial charge in [0.1, 0.15) is 8.07 Å². The fraction of sp³-hybridized carbons (Fsp3) is 0.195. The molecule has 1 aliphatic rings. The van der Waals surface area contributed by atoms with E-state index in [0.29, 0.717) is 86.5 Å². The Balaban J connectivity index is 0.00000142. The maximum atomic E-state index is 12.6. The second-order valence-corrected chi connectivity index (χ2v) is 34.7. The molecule has 1 atom stereocenters. The Kier molecular flexibility index (Phi) is 43.5. The molecule has 35 heteroatoms. The van der Waals surface area contributed by atoms with Crippen LogP contribution in [0.3, 0.4) is 0 Å². The van der Waals surface area contributed by atoms with Crippen LogP contribution in [0.15, 0.2) is 235 Å². The third-order valence-electron chi connectivity index (χ3n) is 13.9. The van der Waals surface area contributed by atoms with Gasteiger partial charge in [0.25, 0.3) is 17.7 Å². The number of allylic oxidation sites excluding steroid dienone is 1. The van der Waals surface area contributed by atoms with Crippen LogP contribution >= 0.6 is 11.6 Å². The number of carbonyl (C=O) groups is 4. The van der Waals surface area contributed by atoms with Crippen molar-refractivity contribution in [1.29, 1.82) is 0 Å². The number of para-hydroxylation sites is 4. The largest absolute Gasteiger partial charge is 1.00 e. The molecule has 1 unspecified atom stereocenters. The van der Waals surface area contributed by atoms with E-state index >= 15 is 0 Å². The van der Waals surface area contributed by atoms with E-state index in [-0.39, 0.29) is 66.1 Å². The number of nitrogens with zero attached hydrogens (tertiary/aromatic N) is 4. The van der Waals surface area contributed by atoms with Gasteiger partial charge in [0.2, 0.25) is 28.8 Å². The van der Waals surface area contributed by atoms with E-state index in [1.807, 2.05) is 11.5 Å². The Labute approximate surface area is 691 Å². The minimum atomic E-state index is -4.42. The maximum absolute atomic E-state index is 12.6. The van der Waals surface area contributed by atoms with E-state index in [1.165, 1.54) is 60.7 Å². The molecule has 3 amide bonds. The van der Waals surface area contributed by atoms with Crippen molar-refractivity contribution in [3.63, 3.8) is 0 Å². The van der Waals surface area contributed by atoms with Crippen LogP contribution < -0.4 is 62.2 Å². The van der Waals surface area contributed by atoms with E-state index in [1.54, 1.807) is 84.9 Å². The summed E-state index contributed by atoms with van der Waals surface area (Å²) in [7, 11) is -2.32. The van der Waals surface area contributed by atoms with Gasteiger partial charge in [-0.25, -0.2) is 5.84 Å². The molecule has 0 radical (unpaired) electrons. The summed E-state index contributed by atoms with van der Waals surface area (Å²) in [5.41, 5.74) is 14.4. The molecule has 0 spiro atoms. The number of aromatic nitrogens is 4. The predicted octanol–water partition coefficient (Wildman–Crippen LogP) is 19.6. The topological polar surface area (TPSA) is 269 Å². The number of nitrogens with one attached hydrogen (secondary N) is 7. The van der Waals surface area contributed by atoms with Crippen molar-refractivity contribution in [3.05, 3.63) is 278 Å². The molecule has 2 aromatic heterocycles. The van der Waals surface area contributed by atoms with Gasteiger partial charge in [-0.1, -0.05) is 137 Å². The first-order valence-electron chi connectivity index (χ1n) is 32.6. The SMILES string of the molecule is C.C.C.C.C#C[Si](C)(C)C.C=CC(=O)Cl.C=CC(=O)NNC(=O)c1ccccc1Nc1ccc(C(F)(F)F)cc1.C=Cc1nnc(-c2ccccc2Nc2ccc(C(F)(F)F)cc2)o1.FC(F)(F)c1ccc(Nc2ccccc2-c2nnc(C3CO3)o2)cc1.NNC(=O)c1ccccc1Nc1ccc(C(F)(F)F)cc1.[C-]#C[Si](C)(C)C.[Li+]. The Bertz CT molecular complexity index is 4860. The van der Waals surface area contributed by atoms with Crippen LogP contribution in [0.5, 0.6) is 0 Å². The summed E-state index contributed by atoms with van der Waals surface area (Å²) in [6.45, 7) is 23.1. The number of terminal acetylenes is 1. The fourth-order valence-corrected chi connectivity index (χ4v) is 8.13. The summed E-state index contributed by atoms with van der Waals surface area (Å²) in [6, 6.07) is 45.7. The number of nitrogen functional groups attached to an aromatic ring is 1. The molecule has 9 N–H and O–H groups in total. The second-order valence-electron chi connectivity index (χ2n) is 24.8. The van der Waals surface area contributed by atoms with Gasteiger partial charge in [-0.05, 0) is 175 Å². The number of alkyl halides is 12. The number of ether oxygens (including phenoxy) is 1. The third-order valence-corrected chi connectivity index (χ3v) is 15.6. The fourth-order valence-electron chi connectivity index (χ4n) is 8.13. The molecule has 10 aromatic rings. The molecule has 0 aliphatic carbocycles. The summed E-state index contributed by atoms with van der Waals surface area (Å²) in [5.74, 6) is 4.73. The van der Waals surface area contributed by atoms with Gasteiger partial charge >= 0.3 is 43.6 Å². The molecule has 3 heterocycles. The maximum Gasteiger partial charge on any atom is 1.00 e. The zero-order valence-corrected chi connectivity index (χ0v) is 64.1. The Morgan fingerprint density at radius 2 is 0.786 bits per heavy atom. The van der Waals surface area contributed by atoms with Gasteiger partial charge in [-0.3, -0.25) is 35.5 Å². The summed E-state index contributed by atoms with van der Waals surface area (Å²) >= 11 is 4.71. The van der Waals surface area contributed by atoms with Gasteiger partial charge in [-0.15, -0.1) is 32.4 Å². The number of rotatable bonds is 16. The van der Waals surface area contributed by atoms with Gasteiger partial charge < -0.3 is 46.8 Å². The van der Waals surface area contributed by atoms with Crippen LogP contribution in [0, 0.1) is 23.9 Å². The minimum absolute atomic E-state index is 0. The van der Waals surface area contributed by atoms with Crippen LogP contribution in [0.2, 0.25) is 39.3 Å². The predicted molar refractivity (Wildman–Crippen MR) is 438 cm³/mol. The molecule has 117 heavy (non-hydrogen) atoms. The van der Waals surface area contributed by atoms with Crippen LogP contribution in [0.25, 0.3) is 29.0 Å². The van der Waals surface area contributed by atoms with Crippen molar-refractivity contribution in [1.82, 2.24) is 36.7 Å². The molecule has 0 bridgehead atoms. The Morgan fingerprint density at radius 3 is 1.07 bits per heavy atom. The van der Waals surface area contributed by atoms with Crippen LogP contribution in [-0.2, 0) is 39.0 Å². The van der Waals surface area contributed by atoms with Crippen LogP contribution in [-0.4, -0.2) is 66.1 Å². The molecule has 11 rings (SSSR count). The molecule has 1 fully saturated rings.